The van der Waals surface area contributed by atoms with E-state index in [4.69, 9.17) is 10.5 Å². The van der Waals surface area contributed by atoms with Crippen LogP contribution in [0.15, 0.2) is 18.3 Å². The van der Waals surface area contributed by atoms with Gasteiger partial charge in [-0.25, -0.2) is 9.50 Å². The summed E-state index contributed by atoms with van der Waals surface area (Å²) < 4.78 is 7.14. The summed E-state index contributed by atoms with van der Waals surface area (Å²) in [4.78, 5) is 5.00. The van der Waals surface area contributed by atoms with Crippen molar-refractivity contribution in [2.45, 2.75) is 13.8 Å². The molecular weight excluding hydrogens is 260 g/mol. The maximum Gasteiger partial charge on any atom is 0.214 e. The van der Waals surface area contributed by atoms with Crippen LogP contribution in [0.4, 0.5) is 5.82 Å². The van der Waals surface area contributed by atoms with Crippen LogP contribution in [0.1, 0.15) is 11.1 Å². The minimum atomic E-state index is 0.484. The molecule has 1 aromatic carbocycles. The van der Waals surface area contributed by atoms with Crippen molar-refractivity contribution < 1.29 is 4.74 Å². The van der Waals surface area contributed by atoms with Crippen LogP contribution >= 0.6 is 11.3 Å². The molecule has 0 saturated heterocycles. The number of nitrogens with two attached hydrogens (primary N) is 1. The Morgan fingerprint density at radius 3 is 2.68 bits per heavy atom. The summed E-state index contributed by atoms with van der Waals surface area (Å²) in [6.07, 6.45) is 1.71. The fourth-order valence-corrected chi connectivity index (χ4v) is 2.86. The molecule has 0 atom stereocenters. The molecule has 0 amide bonds. The second kappa shape index (κ2) is 4.24. The van der Waals surface area contributed by atoms with Gasteiger partial charge >= 0.3 is 0 Å². The van der Waals surface area contributed by atoms with Crippen LogP contribution in [0, 0.1) is 13.8 Å². The molecule has 0 aliphatic rings. The van der Waals surface area contributed by atoms with Crippen LogP contribution < -0.4 is 10.5 Å². The first-order chi connectivity index (χ1) is 9.08. The van der Waals surface area contributed by atoms with E-state index >= 15 is 0 Å². The smallest absolute Gasteiger partial charge is 0.214 e. The Morgan fingerprint density at radius 2 is 2.00 bits per heavy atom. The van der Waals surface area contributed by atoms with Gasteiger partial charge in [0.15, 0.2) is 5.01 Å². The van der Waals surface area contributed by atoms with Gasteiger partial charge in [0.2, 0.25) is 4.96 Å². The summed E-state index contributed by atoms with van der Waals surface area (Å²) >= 11 is 1.50. The van der Waals surface area contributed by atoms with Gasteiger partial charge in [0.1, 0.15) is 11.6 Å². The first-order valence-corrected chi connectivity index (χ1v) is 6.67. The third-order valence-electron chi connectivity index (χ3n) is 3.11. The predicted molar refractivity (Wildman–Crippen MR) is 76.7 cm³/mol. The van der Waals surface area contributed by atoms with E-state index in [1.54, 1.807) is 17.8 Å². The number of anilines is 1. The Bertz CT molecular complexity index is 728. The van der Waals surface area contributed by atoms with Crippen molar-refractivity contribution in [3.05, 3.63) is 29.5 Å². The molecule has 0 bridgehead atoms. The van der Waals surface area contributed by atoms with E-state index < -0.39 is 0 Å². The van der Waals surface area contributed by atoms with Crippen molar-refractivity contribution in [2.24, 2.45) is 0 Å². The van der Waals surface area contributed by atoms with Crippen molar-refractivity contribution in [2.75, 3.05) is 12.8 Å². The number of imidazole rings is 1. The highest BCUT2D eigenvalue weighted by Crippen LogP contribution is 2.35. The lowest BCUT2D eigenvalue weighted by molar-refractivity contribution is 0.416. The number of aromatic nitrogens is 3. The molecule has 0 radical (unpaired) electrons. The molecule has 5 nitrogen and oxygen atoms in total. The lowest BCUT2D eigenvalue weighted by Gasteiger charge is -2.09. The van der Waals surface area contributed by atoms with E-state index in [2.05, 4.69) is 30.0 Å². The summed E-state index contributed by atoms with van der Waals surface area (Å²) in [5.74, 6) is 1.31. The number of rotatable bonds is 2. The molecule has 0 spiro atoms. The number of methoxy groups -OCH3 is 1. The van der Waals surface area contributed by atoms with Crippen molar-refractivity contribution in [3.8, 4) is 16.3 Å². The quantitative estimate of drug-likeness (QED) is 0.780. The fourth-order valence-electron chi connectivity index (χ4n) is 1.95. The van der Waals surface area contributed by atoms with Gasteiger partial charge in [-0.1, -0.05) is 11.3 Å². The van der Waals surface area contributed by atoms with E-state index in [-0.39, 0.29) is 0 Å². The first kappa shape index (κ1) is 12.0. The highest BCUT2D eigenvalue weighted by Gasteiger charge is 2.14. The molecule has 0 unspecified atom stereocenters. The van der Waals surface area contributed by atoms with E-state index in [0.717, 1.165) is 21.3 Å². The van der Waals surface area contributed by atoms with Crippen molar-refractivity contribution >= 4 is 22.1 Å². The minimum Gasteiger partial charge on any atom is -0.496 e. The van der Waals surface area contributed by atoms with E-state index in [1.165, 1.54) is 22.5 Å². The van der Waals surface area contributed by atoms with Gasteiger partial charge in [0.05, 0.1) is 18.9 Å². The number of hydrogen-bond acceptors (Lipinski definition) is 5. The molecule has 2 aromatic heterocycles. The Labute approximate surface area is 114 Å². The summed E-state index contributed by atoms with van der Waals surface area (Å²) in [5.41, 5.74) is 9.03. The van der Waals surface area contributed by atoms with E-state index in [1.807, 2.05) is 6.07 Å². The average molecular weight is 274 g/mol. The second-order valence-corrected chi connectivity index (χ2v) is 5.39. The Kier molecular flexibility index (Phi) is 2.67. The molecule has 0 saturated carbocycles. The molecule has 0 aliphatic carbocycles. The van der Waals surface area contributed by atoms with Gasteiger partial charge in [-0.05, 0) is 37.1 Å². The SMILES string of the molecule is COc1cc(C)c(C)cc1-c1nn2cc(N)nc2s1. The van der Waals surface area contributed by atoms with Crippen LogP contribution in [0.5, 0.6) is 5.75 Å². The summed E-state index contributed by atoms with van der Waals surface area (Å²) in [7, 11) is 1.67. The molecule has 19 heavy (non-hydrogen) atoms. The maximum absolute atomic E-state index is 5.63. The molecule has 2 N–H and O–H groups in total. The van der Waals surface area contributed by atoms with Crippen molar-refractivity contribution in [1.29, 1.82) is 0 Å². The van der Waals surface area contributed by atoms with Gasteiger partial charge in [-0.3, -0.25) is 0 Å². The normalized spacial score (nSPS) is 11.1. The lowest BCUT2D eigenvalue weighted by Crippen LogP contribution is -1.92. The van der Waals surface area contributed by atoms with E-state index in [0.29, 0.717) is 5.82 Å². The summed E-state index contributed by atoms with van der Waals surface area (Å²) in [6.45, 7) is 4.14. The largest absolute Gasteiger partial charge is 0.496 e. The monoisotopic (exact) mass is 274 g/mol. The van der Waals surface area contributed by atoms with Gasteiger partial charge in [-0.15, -0.1) is 0 Å². The van der Waals surface area contributed by atoms with Crippen LogP contribution in [-0.2, 0) is 0 Å². The first-order valence-electron chi connectivity index (χ1n) is 5.86. The predicted octanol–water partition coefficient (Wildman–Crippen LogP) is 2.67. The third-order valence-corrected chi connectivity index (χ3v) is 4.06. The van der Waals surface area contributed by atoms with Crippen molar-refractivity contribution in [1.82, 2.24) is 14.6 Å². The standard InChI is InChI=1S/C13H14N4OS/c1-7-4-9(10(18-3)5-8(7)2)12-16-17-6-11(14)15-13(17)19-12/h4-6H,14H2,1-3H3. The second-order valence-electron chi connectivity index (χ2n) is 4.44. The Hall–Kier alpha value is -2.08. The van der Waals surface area contributed by atoms with Crippen LogP contribution in [0.3, 0.4) is 0 Å². The molecule has 2 heterocycles. The van der Waals surface area contributed by atoms with Gasteiger partial charge < -0.3 is 10.5 Å². The third kappa shape index (κ3) is 1.94. The van der Waals surface area contributed by atoms with Gasteiger partial charge in [0.25, 0.3) is 0 Å². The summed E-state index contributed by atoms with van der Waals surface area (Å²) in [5, 5.41) is 5.37. The number of benzene rings is 1. The Balaban J connectivity index is 2.19. The topological polar surface area (TPSA) is 65.4 Å². The molecule has 3 rings (SSSR count). The average Bonchev–Trinajstić information content (AvgIpc) is 2.89. The fraction of sp³-hybridized carbons (Fsp3) is 0.231. The van der Waals surface area contributed by atoms with E-state index in [9.17, 15) is 0 Å². The number of hydrogen-bond donors (Lipinski definition) is 1. The lowest BCUT2D eigenvalue weighted by atomic mass is 10.1. The Morgan fingerprint density at radius 1 is 1.26 bits per heavy atom. The molecule has 3 aromatic rings. The molecule has 0 fully saturated rings. The van der Waals surface area contributed by atoms with Crippen LogP contribution in [0.25, 0.3) is 15.5 Å². The number of ether oxygens (including phenoxy) is 1. The number of fused-ring (bicyclic) bond motifs is 1. The molecule has 6 heteroatoms. The molecule has 0 aliphatic heterocycles. The zero-order valence-corrected chi connectivity index (χ0v) is 11.8. The highest BCUT2D eigenvalue weighted by molar-refractivity contribution is 7.19. The number of nitrogen functional groups attached to an aromatic ring is 1. The highest BCUT2D eigenvalue weighted by atomic mass is 32.1. The van der Waals surface area contributed by atoms with Gasteiger partial charge in [0, 0.05) is 0 Å². The van der Waals surface area contributed by atoms with Gasteiger partial charge in [-0.2, -0.15) is 5.10 Å². The number of nitrogens with zero attached hydrogens (tertiary/aromatic N) is 3. The van der Waals surface area contributed by atoms with Crippen molar-refractivity contribution in [3.63, 3.8) is 0 Å². The zero-order chi connectivity index (χ0) is 13.6. The molecule has 98 valence electrons. The number of aryl methyl sites for hydroxylation is 2. The summed E-state index contributed by atoms with van der Waals surface area (Å²) in [6, 6.07) is 4.12. The molecular formula is C13H14N4OS. The minimum absolute atomic E-state index is 0.484. The maximum atomic E-state index is 5.63. The van der Waals surface area contributed by atoms with Crippen LogP contribution in [-0.4, -0.2) is 21.7 Å². The zero-order valence-electron chi connectivity index (χ0n) is 11.0. The van der Waals surface area contributed by atoms with Crippen LogP contribution in [0.2, 0.25) is 0 Å².